The third kappa shape index (κ3) is 3.87. The van der Waals surface area contributed by atoms with Gasteiger partial charge in [0.15, 0.2) is 5.82 Å². The first-order valence-corrected chi connectivity index (χ1v) is 10.5. The van der Waals surface area contributed by atoms with Crippen LogP contribution in [-0.4, -0.2) is 47.8 Å². The number of fused-ring (bicyclic) bond motifs is 1. The average Bonchev–Trinajstić information content (AvgIpc) is 3.29. The Balaban J connectivity index is 1.72. The lowest BCUT2D eigenvalue weighted by Gasteiger charge is -2.45. The van der Waals surface area contributed by atoms with E-state index < -0.39 is 11.7 Å². The number of ether oxygens (including phenoxy) is 1. The topological polar surface area (TPSA) is 73.8 Å². The number of nitrogens with zero attached hydrogens (tertiary/aromatic N) is 5. The third-order valence-electron chi connectivity index (χ3n) is 5.83. The molecule has 1 aliphatic heterocycles. The monoisotopic (exact) mass is 450 g/mol. The van der Waals surface area contributed by atoms with Crippen molar-refractivity contribution in [2.45, 2.75) is 44.8 Å². The number of hydrogen-bond donors (Lipinski definition) is 1. The summed E-state index contributed by atoms with van der Waals surface area (Å²) in [6.07, 6.45) is 0.969. The fourth-order valence-corrected chi connectivity index (χ4v) is 4.26. The van der Waals surface area contributed by atoms with Crippen LogP contribution >= 0.6 is 0 Å². The zero-order valence-electron chi connectivity index (χ0n) is 18.1. The van der Waals surface area contributed by atoms with Crippen LogP contribution in [0.4, 0.5) is 41.1 Å². The highest BCUT2D eigenvalue weighted by molar-refractivity contribution is 5.98. The number of hydrazine groups is 1. The Morgan fingerprint density at radius 3 is 2.59 bits per heavy atom. The number of carbonyl (C=O) groups is 1. The SMILES string of the molecule is CCN1C(=O)N(C)c2cnc(Nc3ccc(OC)c(C(F)(F)F)c3)nc2N1C1CCCC1. The lowest BCUT2D eigenvalue weighted by atomic mass is 10.1. The van der Waals surface area contributed by atoms with Gasteiger partial charge in [0.1, 0.15) is 11.4 Å². The van der Waals surface area contributed by atoms with Crippen molar-refractivity contribution in [1.82, 2.24) is 15.0 Å². The van der Waals surface area contributed by atoms with E-state index in [0.29, 0.717) is 18.1 Å². The molecule has 11 heteroatoms. The molecule has 0 saturated heterocycles. The van der Waals surface area contributed by atoms with E-state index in [2.05, 4.69) is 15.3 Å². The zero-order valence-corrected chi connectivity index (χ0v) is 18.1. The van der Waals surface area contributed by atoms with Crippen molar-refractivity contribution in [3.05, 3.63) is 30.0 Å². The van der Waals surface area contributed by atoms with Crippen LogP contribution in [0.1, 0.15) is 38.2 Å². The van der Waals surface area contributed by atoms with Crippen LogP contribution in [0.3, 0.4) is 0 Å². The highest BCUT2D eigenvalue weighted by atomic mass is 19.4. The fraction of sp³-hybridized carbons (Fsp3) is 0.476. The van der Waals surface area contributed by atoms with Crippen LogP contribution in [0.15, 0.2) is 24.4 Å². The maximum atomic E-state index is 13.4. The maximum absolute atomic E-state index is 13.4. The second-order valence-electron chi connectivity index (χ2n) is 7.78. The van der Waals surface area contributed by atoms with Gasteiger partial charge in [-0.05, 0) is 38.0 Å². The quantitative estimate of drug-likeness (QED) is 0.705. The summed E-state index contributed by atoms with van der Waals surface area (Å²) in [4.78, 5) is 23.2. The molecule has 1 aliphatic carbocycles. The molecule has 2 amide bonds. The van der Waals surface area contributed by atoms with Crippen molar-refractivity contribution in [2.24, 2.45) is 0 Å². The van der Waals surface area contributed by atoms with Gasteiger partial charge in [-0.15, -0.1) is 0 Å². The van der Waals surface area contributed by atoms with Gasteiger partial charge in [-0.3, -0.25) is 9.91 Å². The van der Waals surface area contributed by atoms with E-state index in [4.69, 9.17) is 4.74 Å². The fourth-order valence-electron chi connectivity index (χ4n) is 4.26. The summed E-state index contributed by atoms with van der Waals surface area (Å²) >= 11 is 0. The Hall–Kier alpha value is -3.24. The summed E-state index contributed by atoms with van der Waals surface area (Å²) in [5.74, 6) is 0.437. The average molecular weight is 450 g/mol. The minimum atomic E-state index is -4.57. The highest BCUT2D eigenvalue weighted by Crippen LogP contribution is 2.40. The Morgan fingerprint density at radius 1 is 1.25 bits per heavy atom. The number of methoxy groups -OCH3 is 1. The second-order valence-corrected chi connectivity index (χ2v) is 7.78. The molecule has 1 aromatic carbocycles. The number of amides is 2. The zero-order chi connectivity index (χ0) is 23.0. The molecule has 4 rings (SSSR count). The number of urea groups is 1. The molecule has 0 unspecified atom stereocenters. The van der Waals surface area contributed by atoms with Gasteiger partial charge in [0.2, 0.25) is 5.95 Å². The Labute approximate surface area is 184 Å². The number of aromatic nitrogens is 2. The number of carbonyl (C=O) groups excluding carboxylic acids is 1. The number of benzene rings is 1. The molecule has 0 bridgehead atoms. The minimum absolute atomic E-state index is 0.131. The van der Waals surface area contributed by atoms with Gasteiger partial charge in [0, 0.05) is 19.3 Å². The molecule has 1 saturated carbocycles. The summed E-state index contributed by atoms with van der Waals surface area (Å²) in [6.45, 7) is 2.37. The molecule has 0 spiro atoms. The summed E-state index contributed by atoms with van der Waals surface area (Å²) in [5.41, 5.74) is -0.154. The van der Waals surface area contributed by atoms with Crippen molar-refractivity contribution < 1.29 is 22.7 Å². The molecule has 1 N–H and O–H groups in total. The normalized spacial score (nSPS) is 17.1. The van der Waals surface area contributed by atoms with Crippen molar-refractivity contribution in [3.8, 4) is 5.75 Å². The Kier molecular flexibility index (Phi) is 5.74. The third-order valence-corrected chi connectivity index (χ3v) is 5.83. The van der Waals surface area contributed by atoms with Gasteiger partial charge >= 0.3 is 12.2 Å². The molecule has 1 aromatic heterocycles. The summed E-state index contributed by atoms with van der Waals surface area (Å²) in [5, 5.41) is 6.44. The molecule has 1 fully saturated rings. The van der Waals surface area contributed by atoms with E-state index in [0.717, 1.165) is 31.7 Å². The summed E-state index contributed by atoms with van der Waals surface area (Å²) in [6, 6.07) is 3.65. The van der Waals surface area contributed by atoms with Crippen molar-refractivity contribution in [3.63, 3.8) is 0 Å². The predicted octanol–water partition coefficient (Wildman–Crippen LogP) is 4.80. The van der Waals surface area contributed by atoms with E-state index >= 15 is 0 Å². The smallest absolute Gasteiger partial charge is 0.420 e. The van der Waals surface area contributed by atoms with Gasteiger partial charge in [0.05, 0.1) is 24.9 Å². The molecule has 32 heavy (non-hydrogen) atoms. The lowest BCUT2D eigenvalue weighted by molar-refractivity contribution is -0.138. The van der Waals surface area contributed by atoms with Crippen LogP contribution in [0.25, 0.3) is 0 Å². The number of rotatable bonds is 5. The van der Waals surface area contributed by atoms with Crippen molar-refractivity contribution in [1.29, 1.82) is 0 Å². The summed E-state index contributed by atoms with van der Waals surface area (Å²) < 4.78 is 45.0. The van der Waals surface area contributed by atoms with Crippen molar-refractivity contribution in [2.75, 3.05) is 35.9 Å². The first-order valence-electron chi connectivity index (χ1n) is 10.5. The van der Waals surface area contributed by atoms with Gasteiger partial charge in [-0.25, -0.2) is 14.8 Å². The number of nitrogens with one attached hydrogen (secondary N) is 1. The first-order chi connectivity index (χ1) is 15.2. The molecular weight excluding hydrogens is 425 g/mol. The standard InChI is InChI=1S/C21H25F3N6O2/c1-4-29-20(31)28(2)16-12-25-19(27-18(16)30(29)14-7-5-6-8-14)26-13-9-10-17(32-3)15(11-13)21(22,23)24/h9-12,14H,4-8H2,1-3H3,(H,25,26,27). The molecule has 2 aromatic rings. The van der Waals surface area contributed by atoms with Gasteiger partial charge < -0.3 is 10.1 Å². The number of halogens is 3. The summed E-state index contributed by atoms with van der Waals surface area (Å²) in [7, 11) is 2.85. The lowest BCUT2D eigenvalue weighted by Crippen LogP contribution is -2.59. The van der Waals surface area contributed by atoms with Crippen LogP contribution < -0.4 is 20.0 Å². The Morgan fingerprint density at radius 2 is 1.97 bits per heavy atom. The van der Waals surface area contributed by atoms with E-state index in [1.165, 1.54) is 30.3 Å². The number of anilines is 4. The minimum Gasteiger partial charge on any atom is -0.496 e. The van der Waals surface area contributed by atoms with Crippen molar-refractivity contribution >= 4 is 29.2 Å². The van der Waals surface area contributed by atoms with E-state index in [1.807, 2.05) is 11.9 Å². The molecule has 172 valence electrons. The van der Waals surface area contributed by atoms with Crippen LogP contribution in [-0.2, 0) is 6.18 Å². The second kappa shape index (κ2) is 8.36. The predicted molar refractivity (Wildman–Crippen MR) is 114 cm³/mol. The van der Waals surface area contributed by atoms with Crippen LogP contribution in [0, 0.1) is 0 Å². The van der Waals surface area contributed by atoms with Gasteiger partial charge in [-0.2, -0.15) is 18.2 Å². The number of hydrogen-bond acceptors (Lipinski definition) is 6. The molecule has 2 aliphatic rings. The van der Waals surface area contributed by atoms with E-state index in [9.17, 15) is 18.0 Å². The molecule has 8 nitrogen and oxygen atoms in total. The molecule has 2 heterocycles. The maximum Gasteiger partial charge on any atom is 0.420 e. The van der Waals surface area contributed by atoms with Gasteiger partial charge in [-0.1, -0.05) is 12.8 Å². The first kappa shape index (κ1) is 22.0. The molecule has 0 atom stereocenters. The molecular formula is C21H25F3N6O2. The van der Waals surface area contributed by atoms with Crippen LogP contribution in [0.5, 0.6) is 5.75 Å². The van der Waals surface area contributed by atoms with E-state index in [1.54, 1.807) is 12.1 Å². The van der Waals surface area contributed by atoms with Crippen LogP contribution in [0.2, 0.25) is 0 Å². The van der Waals surface area contributed by atoms with E-state index in [-0.39, 0.29) is 29.5 Å². The van der Waals surface area contributed by atoms with Gasteiger partial charge in [0.25, 0.3) is 0 Å². The highest BCUT2D eigenvalue weighted by Gasteiger charge is 2.39. The number of alkyl halides is 3. The Bertz CT molecular complexity index is 1010. The molecule has 0 radical (unpaired) electrons. The largest absolute Gasteiger partial charge is 0.496 e.